The van der Waals surface area contributed by atoms with Crippen molar-refractivity contribution in [2.75, 3.05) is 20.6 Å². The number of rotatable bonds is 5. The maximum absolute atomic E-state index is 13.3. The van der Waals surface area contributed by atoms with Crippen molar-refractivity contribution in [2.24, 2.45) is 0 Å². The molecule has 3 nitrogen and oxygen atoms in total. The maximum atomic E-state index is 13.3. The average molecular weight is 224 g/mol. The molecule has 0 fully saturated rings. The normalized spacial score (nSPS) is 10.2. The summed E-state index contributed by atoms with van der Waals surface area (Å²) < 4.78 is 13.3. The Kier molecular flexibility index (Phi) is 4.92. The van der Waals surface area contributed by atoms with Crippen molar-refractivity contribution in [2.45, 2.75) is 13.0 Å². The molecule has 1 aromatic carbocycles. The van der Waals surface area contributed by atoms with Crippen LogP contribution in [0.2, 0.25) is 0 Å². The van der Waals surface area contributed by atoms with Crippen LogP contribution in [-0.4, -0.2) is 31.4 Å². The van der Waals surface area contributed by atoms with E-state index in [1.807, 2.05) is 0 Å². The van der Waals surface area contributed by atoms with Crippen molar-refractivity contribution in [3.63, 3.8) is 0 Å². The molecule has 0 unspecified atom stereocenters. The highest BCUT2D eigenvalue weighted by Gasteiger charge is 2.10. The number of carbonyl (C=O) groups excluding carboxylic acids is 1. The van der Waals surface area contributed by atoms with Crippen LogP contribution >= 0.6 is 0 Å². The highest BCUT2D eigenvalue weighted by Crippen LogP contribution is 2.09. The lowest BCUT2D eigenvalue weighted by Gasteiger charge is -2.17. The fourth-order valence-corrected chi connectivity index (χ4v) is 1.39. The van der Waals surface area contributed by atoms with Crippen LogP contribution < -0.4 is 5.32 Å². The molecular formula is C12H17FN2O. The average Bonchev–Trinajstić information content (AvgIpc) is 2.28. The Bertz CT molecular complexity index is 355. The van der Waals surface area contributed by atoms with Crippen LogP contribution in [0.25, 0.3) is 0 Å². The summed E-state index contributed by atoms with van der Waals surface area (Å²) in [5, 5.41) is 2.91. The first kappa shape index (κ1) is 12.6. The van der Waals surface area contributed by atoms with E-state index < -0.39 is 0 Å². The molecule has 0 radical (unpaired) electrons. The van der Waals surface area contributed by atoms with Crippen LogP contribution in [0.1, 0.15) is 12.0 Å². The van der Waals surface area contributed by atoms with E-state index in [1.54, 1.807) is 32.3 Å². The Morgan fingerprint density at radius 1 is 1.44 bits per heavy atom. The molecule has 0 atom stereocenters. The topological polar surface area (TPSA) is 32.3 Å². The van der Waals surface area contributed by atoms with Crippen molar-refractivity contribution < 1.29 is 9.18 Å². The van der Waals surface area contributed by atoms with Gasteiger partial charge in [-0.25, -0.2) is 4.39 Å². The van der Waals surface area contributed by atoms with Gasteiger partial charge in [-0.2, -0.15) is 0 Å². The van der Waals surface area contributed by atoms with E-state index in [0.29, 0.717) is 25.1 Å². The zero-order valence-corrected chi connectivity index (χ0v) is 9.66. The first-order valence-corrected chi connectivity index (χ1v) is 5.27. The number of carbonyl (C=O) groups is 1. The minimum absolute atomic E-state index is 0.0117. The molecule has 0 aliphatic carbocycles. The summed E-state index contributed by atoms with van der Waals surface area (Å²) in [6.45, 7) is 0.954. The van der Waals surface area contributed by atoms with E-state index in [4.69, 9.17) is 0 Å². The quantitative estimate of drug-likeness (QED) is 0.819. The maximum Gasteiger partial charge on any atom is 0.223 e. The largest absolute Gasteiger partial charge is 0.341 e. The van der Waals surface area contributed by atoms with Crippen molar-refractivity contribution in [1.82, 2.24) is 10.2 Å². The van der Waals surface area contributed by atoms with E-state index in [2.05, 4.69) is 5.32 Å². The van der Waals surface area contributed by atoms with Gasteiger partial charge in [0.2, 0.25) is 5.91 Å². The second-order valence-corrected chi connectivity index (χ2v) is 3.69. The first-order chi connectivity index (χ1) is 7.65. The van der Waals surface area contributed by atoms with Crippen molar-refractivity contribution >= 4 is 5.91 Å². The predicted octanol–water partition coefficient (Wildman–Crippen LogP) is 1.39. The lowest BCUT2D eigenvalue weighted by atomic mass is 10.2. The number of nitrogens with zero attached hydrogens (tertiary/aromatic N) is 1. The molecule has 1 N–H and O–H groups in total. The van der Waals surface area contributed by atoms with Gasteiger partial charge in [0, 0.05) is 32.1 Å². The number of nitrogens with one attached hydrogen (secondary N) is 1. The van der Waals surface area contributed by atoms with Crippen LogP contribution in [0.5, 0.6) is 0 Å². The van der Waals surface area contributed by atoms with Crippen LogP contribution in [0.4, 0.5) is 4.39 Å². The third-order valence-electron chi connectivity index (χ3n) is 2.38. The third kappa shape index (κ3) is 3.62. The second-order valence-electron chi connectivity index (χ2n) is 3.69. The molecule has 0 bridgehead atoms. The lowest BCUT2D eigenvalue weighted by Crippen LogP contribution is -2.29. The van der Waals surface area contributed by atoms with E-state index in [1.165, 1.54) is 11.0 Å². The molecule has 0 aliphatic heterocycles. The zero-order valence-electron chi connectivity index (χ0n) is 9.66. The highest BCUT2D eigenvalue weighted by molar-refractivity contribution is 5.76. The van der Waals surface area contributed by atoms with Crippen LogP contribution in [-0.2, 0) is 11.3 Å². The molecule has 0 heterocycles. The molecule has 16 heavy (non-hydrogen) atoms. The monoisotopic (exact) mass is 224 g/mol. The molecule has 1 aromatic rings. The number of hydrogen-bond acceptors (Lipinski definition) is 2. The number of halogens is 1. The Balaban J connectivity index is 2.54. The van der Waals surface area contributed by atoms with E-state index in [-0.39, 0.29) is 11.7 Å². The minimum Gasteiger partial charge on any atom is -0.341 e. The minimum atomic E-state index is -0.268. The fraction of sp³-hybridized carbons (Fsp3) is 0.417. The molecule has 0 saturated carbocycles. The Labute approximate surface area is 95.3 Å². The van der Waals surface area contributed by atoms with Crippen molar-refractivity contribution in [3.05, 3.63) is 35.6 Å². The molecule has 1 amide bonds. The summed E-state index contributed by atoms with van der Waals surface area (Å²) in [6.07, 6.45) is 0.432. The summed E-state index contributed by atoms with van der Waals surface area (Å²) >= 11 is 0. The highest BCUT2D eigenvalue weighted by atomic mass is 19.1. The molecule has 0 aliphatic rings. The van der Waals surface area contributed by atoms with Gasteiger partial charge in [0.25, 0.3) is 0 Å². The van der Waals surface area contributed by atoms with Gasteiger partial charge in [0.15, 0.2) is 0 Å². The predicted molar refractivity (Wildman–Crippen MR) is 61.4 cm³/mol. The van der Waals surface area contributed by atoms with Crippen LogP contribution in [0, 0.1) is 5.82 Å². The van der Waals surface area contributed by atoms with Gasteiger partial charge in [-0.1, -0.05) is 18.2 Å². The Morgan fingerprint density at radius 2 is 2.12 bits per heavy atom. The van der Waals surface area contributed by atoms with Gasteiger partial charge in [0.05, 0.1) is 0 Å². The fourth-order valence-electron chi connectivity index (χ4n) is 1.39. The summed E-state index contributed by atoms with van der Waals surface area (Å²) in [4.78, 5) is 13.1. The summed E-state index contributed by atoms with van der Waals surface area (Å²) in [6, 6.07) is 6.50. The van der Waals surface area contributed by atoms with Gasteiger partial charge in [0.1, 0.15) is 5.82 Å². The van der Waals surface area contributed by atoms with Gasteiger partial charge in [-0.05, 0) is 13.1 Å². The van der Waals surface area contributed by atoms with Crippen LogP contribution in [0.15, 0.2) is 24.3 Å². The van der Waals surface area contributed by atoms with E-state index in [9.17, 15) is 9.18 Å². The molecule has 0 saturated heterocycles. The third-order valence-corrected chi connectivity index (χ3v) is 2.38. The van der Waals surface area contributed by atoms with E-state index in [0.717, 1.165) is 0 Å². The van der Waals surface area contributed by atoms with Gasteiger partial charge in [-0.15, -0.1) is 0 Å². The van der Waals surface area contributed by atoms with E-state index >= 15 is 0 Å². The van der Waals surface area contributed by atoms with Gasteiger partial charge < -0.3 is 10.2 Å². The standard InChI is InChI=1S/C12H17FN2O/c1-14-8-7-12(16)15(2)9-10-5-3-4-6-11(10)13/h3-6,14H,7-9H2,1-2H3. The number of hydrogen-bond donors (Lipinski definition) is 1. The molecule has 4 heteroatoms. The smallest absolute Gasteiger partial charge is 0.223 e. The van der Waals surface area contributed by atoms with Crippen molar-refractivity contribution in [1.29, 1.82) is 0 Å². The van der Waals surface area contributed by atoms with Gasteiger partial charge >= 0.3 is 0 Å². The molecule has 0 spiro atoms. The van der Waals surface area contributed by atoms with Crippen molar-refractivity contribution in [3.8, 4) is 0 Å². The lowest BCUT2D eigenvalue weighted by molar-refractivity contribution is -0.130. The van der Waals surface area contributed by atoms with Gasteiger partial charge in [-0.3, -0.25) is 4.79 Å². The summed E-state index contributed by atoms with van der Waals surface area (Å²) in [5.41, 5.74) is 0.544. The zero-order chi connectivity index (χ0) is 12.0. The van der Waals surface area contributed by atoms with Crippen LogP contribution in [0.3, 0.4) is 0 Å². The molecule has 1 rings (SSSR count). The molecule has 88 valence electrons. The molecular weight excluding hydrogens is 207 g/mol. The number of amides is 1. The molecule has 0 aromatic heterocycles. The SMILES string of the molecule is CNCCC(=O)N(C)Cc1ccccc1F. The summed E-state index contributed by atoms with van der Waals surface area (Å²) in [5.74, 6) is -0.256. The Morgan fingerprint density at radius 3 is 2.75 bits per heavy atom. The second kappa shape index (κ2) is 6.23. The number of benzene rings is 1. The summed E-state index contributed by atoms with van der Waals surface area (Å²) in [7, 11) is 3.48. The first-order valence-electron chi connectivity index (χ1n) is 5.27. The Hall–Kier alpha value is -1.42.